The van der Waals surface area contributed by atoms with Crippen LogP contribution in [-0.4, -0.2) is 37.9 Å². The minimum atomic E-state index is -1.47. The van der Waals surface area contributed by atoms with E-state index in [0.717, 1.165) is 23.2 Å². The van der Waals surface area contributed by atoms with Crippen molar-refractivity contribution in [3.63, 3.8) is 0 Å². The third-order valence-electron chi connectivity index (χ3n) is 6.77. The maximum Gasteiger partial charge on any atom is 0.262 e. The van der Waals surface area contributed by atoms with Gasteiger partial charge in [-0.2, -0.15) is 0 Å². The molecule has 1 aromatic heterocycles. The molecule has 2 heterocycles. The number of hydrogen-bond donors (Lipinski definition) is 5. The lowest BCUT2D eigenvalue weighted by Crippen LogP contribution is -2.53. The fourth-order valence-electron chi connectivity index (χ4n) is 5.06. The molecule has 3 unspecified atom stereocenters. The van der Waals surface area contributed by atoms with Crippen LogP contribution < -0.4 is 32.6 Å². The van der Waals surface area contributed by atoms with Crippen molar-refractivity contribution < 1.29 is 14.3 Å². The highest BCUT2D eigenvalue weighted by molar-refractivity contribution is 7.21. The predicted octanol–water partition coefficient (Wildman–Crippen LogP) is 1.68. The molecule has 0 spiro atoms. The second-order valence-corrected chi connectivity index (χ2v) is 9.77. The fraction of sp³-hybridized carbons (Fsp3) is 0.333. The predicted molar refractivity (Wildman–Crippen MR) is 130 cm³/mol. The highest BCUT2D eigenvalue weighted by atomic mass is 32.1. The van der Waals surface area contributed by atoms with Crippen molar-refractivity contribution in [2.24, 2.45) is 11.5 Å². The Bertz CT molecular complexity index is 1300. The van der Waals surface area contributed by atoms with Crippen molar-refractivity contribution in [2.45, 2.75) is 31.0 Å². The second-order valence-electron chi connectivity index (χ2n) is 8.75. The van der Waals surface area contributed by atoms with E-state index in [-0.39, 0.29) is 17.7 Å². The van der Waals surface area contributed by atoms with Gasteiger partial charge in [-0.3, -0.25) is 9.59 Å². The van der Waals surface area contributed by atoms with Crippen molar-refractivity contribution in [3.05, 3.63) is 57.5 Å². The van der Waals surface area contributed by atoms with Gasteiger partial charge < -0.3 is 32.6 Å². The number of hydrogen-bond acceptors (Lipinski definition) is 8. The number of methoxy groups -OCH3 is 1. The average molecular weight is 466 g/mol. The largest absolute Gasteiger partial charge is 0.497 e. The molecule has 0 radical (unpaired) electrons. The zero-order valence-electron chi connectivity index (χ0n) is 18.5. The van der Waals surface area contributed by atoms with Gasteiger partial charge in [0.15, 0.2) is 5.78 Å². The summed E-state index contributed by atoms with van der Waals surface area (Å²) in [5.41, 5.74) is 21.4. The minimum Gasteiger partial charge on any atom is -0.497 e. The maximum atomic E-state index is 13.8. The standard InChI is InChI=1S/C24H27N5O3S/c1-11-9-13(32-2)3-4-14(11)24(27)15-5-6-16(25)20-17(15)18(19(26)22(24)30)21(33-20)23(31)29-12-7-8-28-10-12/h3-6,9,12,19,28H,7-8,10,25-27H2,1-2H3,(H,29,31). The first-order valence-corrected chi connectivity index (χ1v) is 11.7. The maximum absolute atomic E-state index is 13.8. The first-order valence-electron chi connectivity index (χ1n) is 10.9. The number of carbonyl (C=O) groups excluding carboxylic acids is 2. The number of nitrogens with one attached hydrogen (secondary N) is 2. The lowest BCUT2D eigenvalue weighted by molar-refractivity contribution is -0.124. The number of Topliss-reactive ketones (excluding diaryl/α,β-unsaturated/α-hetero) is 1. The normalized spacial score (nSPS) is 24.3. The molecule has 3 aromatic rings. The Balaban J connectivity index is 1.73. The van der Waals surface area contributed by atoms with Crippen LogP contribution in [0.25, 0.3) is 10.1 Å². The number of benzene rings is 2. The third kappa shape index (κ3) is 3.15. The number of ketones is 1. The molecule has 1 saturated heterocycles. The molecule has 8 nitrogen and oxygen atoms in total. The molecule has 172 valence electrons. The molecule has 2 aromatic carbocycles. The number of thiophene rings is 1. The van der Waals surface area contributed by atoms with Gasteiger partial charge in [0.1, 0.15) is 11.3 Å². The number of amides is 1. The van der Waals surface area contributed by atoms with E-state index in [1.807, 2.05) is 13.0 Å². The highest BCUT2D eigenvalue weighted by Crippen LogP contribution is 2.50. The molecule has 5 rings (SSSR count). The molecule has 9 heteroatoms. The van der Waals surface area contributed by atoms with E-state index in [1.54, 1.807) is 31.4 Å². The van der Waals surface area contributed by atoms with Crippen LogP contribution in [0.2, 0.25) is 0 Å². The summed E-state index contributed by atoms with van der Waals surface area (Å²) in [4.78, 5) is 27.5. The van der Waals surface area contributed by atoms with Crippen LogP contribution in [0.5, 0.6) is 5.75 Å². The second kappa shape index (κ2) is 7.81. The number of rotatable bonds is 4. The van der Waals surface area contributed by atoms with Gasteiger partial charge >= 0.3 is 0 Å². The number of ether oxygens (including phenoxy) is 1. The van der Waals surface area contributed by atoms with Gasteiger partial charge in [0.2, 0.25) is 0 Å². The van der Waals surface area contributed by atoms with Crippen LogP contribution in [0, 0.1) is 6.92 Å². The van der Waals surface area contributed by atoms with Crippen LogP contribution in [-0.2, 0) is 10.3 Å². The molecule has 0 saturated carbocycles. The van der Waals surface area contributed by atoms with Gasteiger partial charge in [-0.25, -0.2) is 0 Å². The van der Waals surface area contributed by atoms with E-state index in [1.165, 1.54) is 11.3 Å². The summed E-state index contributed by atoms with van der Waals surface area (Å²) in [7, 11) is 1.59. The van der Waals surface area contributed by atoms with E-state index in [2.05, 4.69) is 10.6 Å². The zero-order chi connectivity index (χ0) is 23.5. The summed E-state index contributed by atoms with van der Waals surface area (Å²) in [6.07, 6.45) is 0.854. The third-order valence-corrected chi connectivity index (χ3v) is 8.03. The van der Waals surface area contributed by atoms with E-state index >= 15 is 0 Å². The smallest absolute Gasteiger partial charge is 0.262 e. The number of nitrogens with two attached hydrogens (primary N) is 3. The summed E-state index contributed by atoms with van der Waals surface area (Å²) < 4.78 is 6.04. The summed E-state index contributed by atoms with van der Waals surface area (Å²) in [5.74, 6) is 0.0782. The van der Waals surface area contributed by atoms with Crippen LogP contribution in [0.4, 0.5) is 5.69 Å². The SMILES string of the molecule is COc1ccc(C2(N)C(=O)C(N)c3c(C(=O)NC4CCNC4)sc4c(N)ccc2c34)c(C)c1. The molecular formula is C24H27N5O3S. The fourth-order valence-corrected chi connectivity index (χ4v) is 6.26. The Morgan fingerprint density at radius 2 is 2.03 bits per heavy atom. The number of anilines is 1. The van der Waals surface area contributed by atoms with E-state index < -0.39 is 11.6 Å². The molecular weight excluding hydrogens is 438 g/mol. The van der Waals surface area contributed by atoms with Crippen LogP contribution >= 0.6 is 11.3 Å². The molecule has 1 fully saturated rings. The zero-order valence-corrected chi connectivity index (χ0v) is 19.3. The summed E-state index contributed by atoms with van der Waals surface area (Å²) in [5, 5.41) is 7.00. The van der Waals surface area contributed by atoms with Crippen molar-refractivity contribution in [1.82, 2.24) is 10.6 Å². The van der Waals surface area contributed by atoms with E-state index in [4.69, 9.17) is 21.9 Å². The summed E-state index contributed by atoms with van der Waals surface area (Å²) >= 11 is 1.27. The molecule has 8 N–H and O–H groups in total. The molecule has 0 bridgehead atoms. The van der Waals surface area contributed by atoms with Crippen LogP contribution in [0.15, 0.2) is 30.3 Å². The van der Waals surface area contributed by atoms with Gasteiger partial charge in [0.05, 0.1) is 22.7 Å². The first kappa shape index (κ1) is 21.8. The van der Waals surface area contributed by atoms with Gasteiger partial charge in [-0.05, 0) is 54.8 Å². The lowest BCUT2D eigenvalue weighted by atomic mass is 9.69. The molecule has 1 aliphatic heterocycles. The Morgan fingerprint density at radius 3 is 2.70 bits per heavy atom. The van der Waals surface area contributed by atoms with Crippen molar-refractivity contribution in [2.75, 3.05) is 25.9 Å². The monoisotopic (exact) mass is 465 g/mol. The lowest BCUT2D eigenvalue weighted by Gasteiger charge is -2.37. The highest BCUT2D eigenvalue weighted by Gasteiger charge is 2.49. The van der Waals surface area contributed by atoms with Gasteiger partial charge in [0.25, 0.3) is 5.91 Å². The summed E-state index contributed by atoms with van der Waals surface area (Å²) in [6.45, 7) is 3.46. The first-order chi connectivity index (χ1) is 15.8. The number of aryl methyl sites for hydroxylation is 1. The Kier molecular flexibility index (Phi) is 5.17. The Labute approximate surface area is 195 Å². The minimum absolute atomic E-state index is 0.0396. The number of nitrogen functional groups attached to an aromatic ring is 1. The van der Waals surface area contributed by atoms with E-state index in [9.17, 15) is 9.59 Å². The topological polar surface area (TPSA) is 145 Å². The van der Waals surface area contributed by atoms with Crippen LogP contribution in [0.3, 0.4) is 0 Å². The van der Waals surface area contributed by atoms with Crippen molar-refractivity contribution in [3.8, 4) is 5.75 Å². The molecule has 3 atom stereocenters. The van der Waals surface area contributed by atoms with Crippen LogP contribution in [0.1, 0.15) is 44.4 Å². The van der Waals surface area contributed by atoms with Gasteiger partial charge in [-0.1, -0.05) is 12.1 Å². The van der Waals surface area contributed by atoms with Gasteiger partial charge in [0, 0.05) is 29.2 Å². The molecule has 2 aliphatic rings. The Hall–Kier alpha value is -2.98. The Morgan fingerprint density at radius 1 is 1.27 bits per heavy atom. The molecule has 1 aliphatic carbocycles. The molecule has 1 amide bonds. The summed E-state index contributed by atoms with van der Waals surface area (Å²) in [6, 6.07) is 7.94. The van der Waals surface area contributed by atoms with Crippen molar-refractivity contribution >= 4 is 38.8 Å². The van der Waals surface area contributed by atoms with Crippen molar-refractivity contribution in [1.29, 1.82) is 0 Å². The number of carbonyl (C=O) groups is 2. The van der Waals surface area contributed by atoms with Gasteiger partial charge in [-0.15, -0.1) is 11.3 Å². The average Bonchev–Trinajstić information content (AvgIpc) is 3.45. The molecule has 33 heavy (non-hydrogen) atoms. The van der Waals surface area contributed by atoms with E-state index in [0.29, 0.717) is 44.9 Å². The quantitative estimate of drug-likeness (QED) is 0.369.